The molecule has 0 unspecified atom stereocenters. The first kappa shape index (κ1) is 44.8. The molecule has 0 N–H and O–H groups in total. The molecule has 7 nitrogen and oxygen atoms in total. The predicted octanol–water partition coefficient (Wildman–Crippen LogP) is 11.5. The van der Waals surface area contributed by atoms with Gasteiger partial charge in [0.2, 0.25) is 0 Å². The highest BCUT2D eigenvalue weighted by atomic mass is 79.9. The Kier molecular flexibility index (Phi) is 18.2. The third kappa shape index (κ3) is 13.4. The molecule has 59 heavy (non-hydrogen) atoms. The molecule has 0 aromatic heterocycles. The standard InChI is InChI=1S/C29H34O4.C22H27BrO3/c1-3-26-22(2)27(30-19-23-13-7-4-8-14-23)28(31-20-24-15-9-5-10-16-24)29(33-26)32-21-25-17-11-6-12-18-25;1-3-19-16(2)20(24-14-17-10-6-4-7-11-17)21(22(23)26-19)25-15-18-12-8-5-9-13-18/h4-18,22,26-29H,3,19-21H2,1-2H3;4-13,16,19-22H,3,14-15H2,1-2H3/t22-,26-,27+,28-,29+;16-,19-,20+,21-,22+/m11/s1. The van der Waals surface area contributed by atoms with Gasteiger partial charge in [-0.25, -0.2) is 0 Å². The lowest BCUT2D eigenvalue weighted by molar-refractivity contribution is -0.307. The number of hydrogen-bond acceptors (Lipinski definition) is 7. The van der Waals surface area contributed by atoms with Crippen LogP contribution in [0.4, 0.5) is 0 Å². The second-order valence-electron chi connectivity index (χ2n) is 15.4. The molecule has 2 saturated heterocycles. The van der Waals surface area contributed by atoms with Gasteiger partial charge in [-0.05, 0) is 40.7 Å². The number of rotatable bonds is 17. The summed E-state index contributed by atoms with van der Waals surface area (Å²) < 4.78 is 44.4. The summed E-state index contributed by atoms with van der Waals surface area (Å²) in [6, 6.07) is 51.2. The Morgan fingerprint density at radius 1 is 0.390 bits per heavy atom. The zero-order chi connectivity index (χ0) is 41.2. The van der Waals surface area contributed by atoms with E-state index in [1.165, 1.54) is 5.56 Å². The molecular formula is C51H61BrO7. The van der Waals surface area contributed by atoms with Crippen LogP contribution in [0.2, 0.25) is 0 Å². The summed E-state index contributed by atoms with van der Waals surface area (Å²) >= 11 is 3.68. The van der Waals surface area contributed by atoms with Gasteiger partial charge >= 0.3 is 0 Å². The Balaban J connectivity index is 0.000000204. The van der Waals surface area contributed by atoms with Crippen LogP contribution in [0.5, 0.6) is 0 Å². The van der Waals surface area contributed by atoms with Gasteiger partial charge in [0.1, 0.15) is 17.2 Å². The van der Waals surface area contributed by atoms with Crippen molar-refractivity contribution in [1.29, 1.82) is 0 Å². The number of alkyl halides is 1. The number of benzene rings is 5. The van der Waals surface area contributed by atoms with E-state index in [1.54, 1.807) is 0 Å². The fraction of sp³-hybridized carbons (Fsp3) is 0.412. The normalized spacial score (nSPS) is 26.7. The Bertz CT molecular complexity index is 1850. The van der Waals surface area contributed by atoms with Crippen LogP contribution in [0, 0.1) is 11.8 Å². The van der Waals surface area contributed by atoms with Gasteiger partial charge in [0.15, 0.2) is 6.29 Å². The van der Waals surface area contributed by atoms with Crippen molar-refractivity contribution in [2.75, 3.05) is 0 Å². The van der Waals surface area contributed by atoms with E-state index in [0.717, 1.165) is 35.1 Å². The fourth-order valence-corrected chi connectivity index (χ4v) is 8.52. The van der Waals surface area contributed by atoms with Crippen molar-refractivity contribution in [2.45, 2.75) is 121 Å². The highest BCUT2D eigenvalue weighted by Crippen LogP contribution is 2.36. The van der Waals surface area contributed by atoms with Crippen LogP contribution in [-0.2, 0) is 66.2 Å². The van der Waals surface area contributed by atoms with Crippen molar-refractivity contribution in [1.82, 2.24) is 0 Å². The third-order valence-electron chi connectivity index (χ3n) is 11.2. The smallest absolute Gasteiger partial charge is 0.187 e. The molecular weight excluding hydrogens is 804 g/mol. The monoisotopic (exact) mass is 864 g/mol. The van der Waals surface area contributed by atoms with Gasteiger partial charge in [0, 0.05) is 11.8 Å². The molecule has 5 aromatic rings. The van der Waals surface area contributed by atoms with Gasteiger partial charge in [-0.15, -0.1) is 0 Å². The van der Waals surface area contributed by atoms with Gasteiger partial charge in [0.25, 0.3) is 0 Å². The lowest BCUT2D eigenvalue weighted by Crippen LogP contribution is -2.56. The summed E-state index contributed by atoms with van der Waals surface area (Å²) in [5, 5.41) is -0.173. The molecule has 2 heterocycles. The minimum absolute atomic E-state index is 0.0259. The van der Waals surface area contributed by atoms with Crippen LogP contribution in [0.1, 0.15) is 68.4 Å². The maximum Gasteiger partial charge on any atom is 0.187 e. The van der Waals surface area contributed by atoms with E-state index in [-0.39, 0.29) is 53.5 Å². The summed E-state index contributed by atoms with van der Waals surface area (Å²) in [7, 11) is 0. The third-order valence-corrected chi connectivity index (χ3v) is 11.9. The van der Waals surface area contributed by atoms with E-state index in [2.05, 4.69) is 104 Å². The number of ether oxygens (including phenoxy) is 7. The predicted molar refractivity (Wildman–Crippen MR) is 236 cm³/mol. The Morgan fingerprint density at radius 3 is 1.03 bits per heavy atom. The summed E-state index contributed by atoms with van der Waals surface area (Å²) in [5.74, 6) is 0.439. The van der Waals surface area contributed by atoms with Crippen LogP contribution in [-0.4, -0.2) is 47.9 Å². The van der Waals surface area contributed by atoms with Crippen LogP contribution in [0.15, 0.2) is 152 Å². The van der Waals surface area contributed by atoms with Crippen molar-refractivity contribution >= 4 is 15.9 Å². The summed E-state index contributed by atoms with van der Waals surface area (Å²) in [6.07, 6.45) is 0.890. The molecule has 0 aliphatic carbocycles. The first-order valence-electron chi connectivity index (χ1n) is 21.2. The first-order chi connectivity index (χ1) is 28.9. The molecule has 0 bridgehead atoms. The zero-order valence-electron chi connectivity index (χ0n) is 34.9. The quantitative estimate of drug-likeness (QED) is 0.0863. The summed E-state index contributed by atoms with van der Waals surface area (Å²) in [5.41, 5.74) is 5.70. The molecule has 8 heteroatoms. The molecule has 2 aliphatic rings. The maximum absolute atomic E-state index is 6.51. The van der Waals surface area contributed by atoms with Crippen LogP contribution in [0.25, 0.3) is 0 Å². The summed E-state index contributed by atoms with van der Waals surface area (Å²) in [4.78, 5) is 0. The molecule has 2 aliphatic heterocycles. The average Bonchev–Trinajstić information content (AvgIpc) is 3.29. The molecule has 10 atom stereocenters. The highest BCUT2D eigenvalue weighted by Gasteiger charge is 2.46. The average molecular weight is 866 g/mol. The molecule has 314 valence electrons. The minimum atomic E-state index is -0.504. The Hall–Kier alpha value is -3.70. The molecule has 2 fully saturated rings. The SMILES string of the molecule is CC[C@H]1O[C@H](Br)[C@H](OCc2ccccc2)[C@@H](OCc2ccccc2)[C@@H]1C.CC[C@H]1O[C@H](OCc2ccccc2)[C@H](OCc2ccccc2)[C@@H](OCc2ccccc2)[C@@H]1C. The molecule has 0 saturated carbocycles. The molecule has 0 amide bonds. The maximum atomic E-state index is 6.51. The number of halogens is 1. The van der Waals surface area contributed by atoms with Crippen molar-refractivity contribution < 1.29 is 33.2 Å². The van der Waals surface area contributed by atoms with Gasteiger partial charge in [0.05, 0.1) is 57.5 Å². The molecule has 0 radical (unpaired) electrons. The second kappa shape index (κ2) is 23.9. The molecule has 5 aromatic carbocycles. The van der Waals surface area contributed by atoms with E-state index >= 15 is 0 Å². The minimum Gasteiger partial charge on any atom is -0.370 e. The van der Waals surface area contributed by atoms with E-state index in [0.29, 0.717) is 33.0 Å². The number of hydrogen-bond donors (Lipinski definition) is 0. The van der Waals surface area contributed by atoms with E-state index in [4.69, 9.17) is 33.2 Å². The van der Waals surface area contributed by atoms with E-state index in [9.17, 15) is 0 Å². The van der Waals surface area contributed by atoms with Crippen LogP contribution in [0.3, 0.4) is 0 Å². The van der Waals surface area contributed by atoms with Crippen molar-refractivity contribution in [3.05, 3.63) is 179 Å². The van der Waals surface area contributed by atoms with Gasteiger partial charge < -0.3 is 33.2 Å². The highest BCUT2D eigenvalue weighted by molar-refractivity contribution is 9.09. The lowest BCUT2D eigenvalue weighted by Gasteiger charge is -2.45. The molecule has 0 spiro atoms. The van der Waals surface area contributed by atoms with Crippen LogP contribution >= 0.6 is 15.9 Å². The zero-order valence-corrected chi connectivity index (χ0v) is 36.5. The Labute approximate surface area is 360 Å². The first-order valence-corrected chi connectivity index (χ1v) is 22.1. The largest absolute Gasteiger partial charge is 0.370 e. The molecule has 7 rings (SSSR count). The van der Waals surface area contributed by atoms with Crippen molar-refractivity contribution in [3.63, 3.8) is 0 Å². The van der Waals surface area contributed by atoms with Gasteiger partial charge in [-0.1, -0.05) is 195 Å². The van der Waals surface area contributed by atoms with Crippen molar-refractivity contribution in [3.8, 4) is 0 Å². The van der Waals surface area contributed by atoms with Gasteiger partial charge in [-0.3, -0.25) is 0 Å². The lowest BCUT2D eigenvalue weighted by atomic mass is 9.89. The topological polar surface area (TPSA) is 64.6 Å². The van der Waals surface area contributed by atoms with Crippen molar-refractivity contribution in [2.24, 2.45) is 11.8 Å². The van der Waals surface area contributed by atoms with E-state index in [1.807, 2.05) is 91.0 Å². The van der Waals surface area contributed by atoms with Gasteiger partial charge in [-0.2, -0.15) is 0 Å². The fourth-order valence-electron chi connectivity index (χ4n) is 7.79. The summed E-state index contributed by atoms with van der Waals surface area (Å²) in [6.45, 7) is 11.3. The van der Waals surface area contributed by atoms with Crippen LogP contribution < -0.4 is 0 Å². The second-order valence-corrected chi connectivity index (χ2v) is 16.3. The Morgan fingerprint density at radius 2 is 0.678 bits per heavy atom. The van der Waals surface area contributed by atoms with E-state index < -0.39 is 6.29 Å².